The lowest BCUT2D eigenvalue weighted by Crippen LogP contribution is -2.48. The normalized spacial score (nSPS) is 14.1. The number of fused-ring (bicyclic) bond motifs is 2. The maximum Gasteiger partial charge on any atom is 0.349 e. The van der Waals surface area contributed by atoms with Gasteiger partial charge in [-0.2, -0.15) is 0 Å². The van der Waals surface area contributed by atoms with Gasteiger partial charge in [0.25, 0.3) is 11.6 Å². The van der Waals surface area contributed by atoms with E-state index in [0.717, 1.165) is 9.80 Å². The highest BCUT2D eigenvalue weighted by molar-refractivity contribution is 6.57. The number of amides is 4. The van der Waals surface area contributed by atoms with Crippen LogP contribution in [0.4, 0.5) is 11.6 Å². The van der Waals surface area contributed by atoms with E-state index in [2.05, 4.69) is 0 Å². The van der Waals surface area contributed by atoms with Crippen LogP contribution in [-0.2, 0) is 14.1 Å². The number of hydrogen-bond acceptors (Lipinski definition) is 6. The van der Waals surface area contributed by atoms with Gasteiger partial charge >= 0.3 is 35.6 Å². The third-order valence-electron chi connectivity index (χ3n) is 10.0. The predicted octanol–water partition coefficient (Wildman–Crippen LogP) is 7.00. The molecule has 0 fully saturated rings. The minimum absolute atomic E-state index is 0.0465. The lowest BCUT2D eigenvalue weighted by molar-refractivity contribution is -0.658. The Balaban J connectivity index is 1.35. The molecule has 0 spiro atoms. The molecule has 54 heavy (non-hydrogen) atoms. The molecule has 0 atom stereocenters. The van der Waals surface area contributed by atoms with Crippen molar-refractivity contribution in [1.29, 1.82) is 0 Å². The van der Waals surface area contributed by atoms with E-state index in [0.29, 0.717) is 32.3 Å². The SMILES string of the molecule is C[n+]1cc(C(=O)O)ccc1N1C(=O)c2cc(Cl)c3c4c(Cl)cc5c6c(cc(Cl)c(c7c(Cl)cc(c2c37)C1=O)c64)C(=O)N(c1ccc(C(=O)O)c[n+]1C)C5=O. The number of benzene rings is 5. The van der Waals surface area contributed by atoms with E-state index in [4.69, 9.17) is 46.4 Å². The minimum Gasteiger partial charge on any atom is -0.478 e. The van der Waals surface area contributed by atoms with Crippen molar-refractivity contribution < 1.29 is 48.1 Å². The number of carbonyl (C=O) groups is 6. The largest absolute Gasteiger partial charge is 0.478 e. The Kier molecular flexibility index (Phi) is 7.09. The van der Waals surface area contributed by atoms with Crippen LogP contribution in [-0.4, -0.2) is 45.8 Å². The maximum atomic E-state index is 14.3. The number of hydrogen-bond donors (Lipinski definition) is 2. The Morgan fingerprint density at radius 3 is 1.00 bits per heavy atom. The molecule has 0 saturated carbocycles. The summed E-state index contributed by atoms with van der Waals surface area (Å²) in [6.07, 6.45) is 2.55. The fourth-order valence-corrected chi connectivity index (χ4v) is 8.98. The van der Waals surface area contributed by atoms with Crippen molar-refractivity contribution in [3.8, 4) is 0 Å². The smallest absolute Gasteiger partial charge is 0.349 e. The summed E-state index contributed by atoms with van der Waals surface area (Å²) in [5, 5.41) is 21.4. The first kappa shape index (κ1) is 33.9. The number of imide groups is 2. The summed E-state index contributed by atoms with van der Waals surface area (Å²) in [5.74, 6) is -5.14. The van der Waals surface area contributed by atoms with Crippen molar-refractivity contribution in [2.45, 2.75) is 0 Å². The summed E-state index contributed by atoms with van der Waals surface area (Å²) in [6, 6.07) is 10.9. The van der Waals surface area contributed by atoms with Gasteiger partial charge in [0.1, 0.15) is 12.4 Å². The van der Waals surface area contributed by atoms with Gasteiger partial charge < -0.3 is 10.2 Å². The van der Waals surface area contributed by atoms with Gasteiger partial charge in [-0.05, 0) is 36.4 Å². The van der Waals surface area contributed by atoms with E-state index in [1.54, 1.807) is 0 Å². The Morgan fingerprint density at radius 1 is 0.481 bits per heavy atom. The number of aryl methyl sites for hydroxylation is 2. The number of pyridine rings is 2. The van der Waals surface area contributed by atoms with Crippen LogP contribution in [0.15, 0.2) is 60.9 Å². The summed E-state index contributed by atoms with van der Waals surface area (Å²) in [6.45, 7) is 0. The number of rotatable bonds is 4. The number of carboxylic acids is 2. The molecule has 0 bridgehead atoms. The second kappa shape index (κ2) is 11.3. The zero-order chi connectivity index (χ0) is 38.4. The summed E-state index contributed by atoms with van der Waals surface area (Å²) in [4.78, 5) is 82.1. The van der Waals surface area contributed by atoms with Crippen LogP contribution in [0.5, 0.6) is 0 Å². The highest BCUT2D eigenvalue weighted by atomic mass is 35.5. The second-order valence-corrected chi connectivity index (χ2v) is 14.5. The highest BCUT2D eigenvalue weighted by Crippen LogP contribution is 2.54. The summed E-state index contributed by atoms with van der Waals surface area (Å²) in [5.41, 5.74) is 0.0936. The molecule has 9 rings (SSSR count). The Labute approximate surface area is 321 Å². The van der Waals surface area contributed by atoms with Gasteiger partial charge in [0.2, 0.25) is 0 Å². The second-order valence-electron chi connectivity index (χ2n) is 12.9. The zero-order valence-corrected chi connectivity index (χ0v) is 30.4. The standard InChI is InChI=1S/C38H16Cl4N4O8/c1-43-11-13(37(51)52)3-5-23(43)45-33(47)15-7-19(39)27-29-21(41)9-17-26-18(36(50)46(35(17)49)24-6-4-14(38(53)54)12-44(24)2)10-22(42)30(32(26)29)28-20(40)8-16(34(45)48)25(15)31(27)28/h3-12H,1-2H3/p+2. The Morgan fingerprint density at radius 2 is 0.759 bits per heavy atom. The molecule has 0 saturated heterocycles. The lowest BCUT2D eigenvalue weighted by atomic mass is 9.82. The van der Waals surface area contributed by atoms with Crippen LogP contribution in [0.25, 0.3) is 43.1 Å². The minimum atomic E-state index is -1.19. The number of halogens is 4. The Bertz CT molecular complexity index is 2740. The number of anilines is 2. The van der Waals surface area contributed by atoms with Crippen LogP contribution < -0.4 is 18.9 Å². The average Bonchev–Trinajstić information content (AvgIpc) is 3.11. The molecule has 5 aromatic carbocycles. The number of carboxylic acid groups (broad SMARTS) is 2. The van der Waals surface area contributed by atoms with E-state index in [1.807, 2.05) is 0 Å². The first-order chi connectivity index (χ1) is 25.6. The summed E-state index contributed by atoms with van der Waals surface area (Å²) >= 11 is 28.2. The summed E-state index contributed by atoms with van der Waals surface area (Å²) in [7, 11) is 3.00. The molecule has 16 heteroatoms. The maximum absolute atomic E-state index is 14.3. The van der Waals surface area contributed by atoms with Crippen molar-refractivity contribution in [2.24, 2.45) is 14.1 Å². The van der Waals surface area contributed by atoms with Crippen molar-refractivity contribution in [2.75, 3.05) is 9.80 Å². The first-order valence-electron chi connectivity index (χ1n) is 15.8. The highest BCUT2D eigenvalue weighted by Gasteiger charge is 2.46. The number of aromatic carboxylic acids is 2. The third-order valence-corrected chi connectivity index (χ3v) is 11.2. The molecule has 264 valence electrons. The molecule has 0 radical (unpaired) electrons. The van der Waals surface area contributed by atoms with Gasteiger partial charge in [-0.1, -0.05) is 46.4 Å². The van der Waals surface area contributed by atoms with Gasteiger partial charge in [-0.25, -0.2) is 37.9 Å². The molecule has 2 N–H and O–H groups in total. The van der Waals surface area contributed by atoms with E-state index >= 15 is 0 Å². The van der Waals surface area contributed by atoms with E-state index in [-0.39, 0.29) is 75.9 Å². The van der Waals surface area contributed by atoms with Crippen molar-refractivity contribution in [3.63, 3.8) is 0 Å². The van der Waals surface area contributed by atoms with E-state index in [9.17, 15) is 39.0 Å². The van der Waals surface area contributed by atoms with Crippen LogP contribution in [0.2, 0.25) is 20.1 Å². The first-order valence-corrected chi connectivity index (χ1v) is 17.3. The quantitative estimate of drug-likeness (QED) is 0.0835. The van der Waals surface area contributed by atoms with Crippen molar-refractivity contribution in [1.82, 2.24) is 0 Å². The molecule has 2 aliphatic heterocycles. The molecule has 7 aromatic rings. The van der Waals surface area contributed by atoms with Crippen LogP contribution >= 0.6 is 46.4 Å². The summed E-state index contributed by atoms with van der Waals surface area (Å²) < 4.78 is 2.70. The van der Waals surface area contributed by atoms with Crippen LogP contribution in [0.3, 0.4) is 0 Å². The van der Waals surface area contributed by atoms with Gasteiger partial charge in [0.05, 0.1) is 67.6 Å². The van der Waals surface area contributed by atoms with Gasteiger partial charge in [0.15, 0.2) is 0 Å². The number of nitrogens with zero attached hydrogens (tertiary/aromatic N) is 4. The van der Waals surface area contributed by atoms with E-state index < -0.39 is 35.6 Å². The van der Waals surface area contributed by atoms with Crippen molar-refractivity contribution in [3.05, 3.63) is 114 Å². The average molecular weight is 800 g/mol. The number of aromatic nitrogens is 2. The third kappa shape index (κ3) is 4.27. The predicted molar refractivity (Wildman–Crippen MR) is 199 cm³/mol. The molecule has 0 unspecified atom stereocenters. The molecule has 12 nitrogen and oxygen atoms in total. The Hall–Kier alpha value is -5.92. The van der Waals surface area contributed by atoms with Gasteiger partial charge in [-0.3, -0.25) is 0 Å². The van der Waals surface area contributed by atoms with Gasteiger partial charge in [-0.15, -0.1) is 9.80 Å². The van der Waals surface area contributed by atoms with E-state index in [1.165, 1.54) is 84.2 Å². The van der Waals surface area contributed by atoms with Crippen LogP contribution in [0.1, 0.15) is 62.1 Å². The fraction of sp³-hybridized carbons (Fsp3) is 0.0526. The number of carbonyl (C=O) groups excluding carboxylic acids is 4. The van der Waals surface area contributed by atoms with Crippen molar-refractivity contribution >= 4 is 137 Å². The molecule has 2 aliphatic rings. The topological polar surface area (TPSA) is 157 Å². The fourth-order valence-electron chi connectivity index (χ4n) is 7.79. The monoisotopic (exact) mass is 798 g/mol. The molecule has 0 aliphatic carbocycles. The molecular formula is C38H18Cl4N4O8+2. The van der Waals surface area contributed by atoms with Crippen LogP contribution in [0, 0.1) is 0 Å². The molecular weight excluding hydrogens is 782 g/mol. The molecule has 4 heterocycles. The zero-order valence-electron chi connectivity index (χ0n) is 27.4. The lowest BCUT2D eigenvalue weighted by Gasteiger charge is -2.27. The van der Waals surface area contributed by atoms with Gasteiger partial charge in [0, 0.05) is 55.2 Å². The molecule has 2 aromatic heterocycles. The molecule has 4 amide bonds.